The Morgan fingerprint density at radius 3 is 1.85 bits per heavy atom. The molecule has 0 saturated heterocycles. The molecule has 0 heteroatoms. The highest BCUT2D eigenvalue weighted by Gasteiger charge is 2.17. The van der Waals surface area contributed by atoms with E-state index in [1.165, 1.54) is 30.4 Å². The third-order valence-corrected chi connectivity index (χ3v) is 2.45. The van der Waals surface area contributed by atoms with Gasteiger partial charge in [-0.05, 0) is 19.8 Å². The van der Waals surface area contributed by atoms with Crippen molar-refractivity contribution in [2.24, 2.45) is 5.92 Å². The Balaban J connectivity index is 0.000000145. The van der Waals surface area contributed by atoms with Crippen LogP contribution in [0.4, 0.5) is 0 Å². The van der Waals surface area contributed by atoms with Crippen molar-refractivity contribution in [1.29, 1.82) is 0 Å². The minimum absolute atomic E-state index is 1.13. The van der Waals surface area contributed by atoms with Gasteiger partial charge in [-0.1, -0.05) is 61.6 Å². The van der Waals surface area contributed by atoms with E-state index < -0.39 is 0 Å². The summed E-state index contributed by atoms with van der Waals surface area (Å²) in [5.41, 5.74) is 2.68. The Labute approximate surface area is 82.0 Å². The molecule has 0 amide bonds. The maximum atomic E-state index is 2.26. The molecule has 0 unspecified atom stereocenters. The van der Waals surface area contributed by atoms with Crippen molar-refractivity contribution in [2.75, 3.05) is 0 Å². The molecular weight excluding hydrogens is 156 g/mol. The monoisotopic (exact) mass is 176 g/mol. The summed E-state index contributed by atoms with van der Waals surface area (Å²) in [6.07, 6.45) is 4.44. The zero-order valence-electron chi connectivity index (χ0n) is 9.01. The van der Waals surface area contributed by atoms with Crippen molar-refractivity contribution < 1.29 is 0 Å². The highest BCUT2D eigenvalue weighted by Crippen LogP contribution is 2.31. The fourth-order valence-corrected chi connectivity index (χ4v) is 1.33. The molecule has 1 aromatic carbocycles. The Morgan fingerprint density at radius 1 is 1.15 bits per heavy atom. The molecule has 0 atom stereocenters. The second-order valence-corrected chi connectivity index (χ2v) is 4.01. The summed E-state index contributed by atoms with van der Waals surface area (Å²) >= 11 is 0. The molecule has 0 bridgehead atoms. The third-order valence-electron chi connectivity index (χ3n) is 2.45. The average molecular weight is 176 g/mol. The number of rotatable bonds is 1. The summed E-state index contributed by atoms with van der Waals surface area (Å²) in [5, 5.41) is 0. The van der Waals surface area contributed by atoms with Gasteiger partial charge in [-0.25, -0.2) is 0 Å². The lowest BCUT2D eigenvalue weighted by Crippen LogP contribution is -1.71. The van der Waals surface area contributed by atoms with Crippen LogP contribution in [0.2, 0.25) is 0 Å². The van der Waals surface area contributed by atoms with Gasteiger partial charge in [0.25, 0.3) is 0 Å². The van der Waals surface area contributed by atoms with Gasteiger partial charge in [-0.15, -0.1) is 0 Å². The van der Waals surface area contributed by atoms with Crippen molar-refractivity contribution >= 4 is 0 Å². The number of benzene rings is 1. The molecule has 0 radical (unpaired) electrons. The average Bonchev–Trinajstić information content (AvgIpc) is 2.87. The van der Waals surface area contributed by atoms with E-state index in [9.17, 15) is 0 Å². The van der Waals surface area contributed by atoms with Gasteiger partial charge >= 0.3 is 0 Å². The van der Waals surface area contributed by atoms with Gasteiger partial charge in [0.1, 0.15) is 0 Å². The summed E-state index contributed by atoms with van der Waals surface area (Å²) in [5.74, 6) is 1.13. The van der Waals surface area contributed by atoms with Gasteiger partial charge in [-0.2, -0.15) is 0 Å². The van der Waals surface area contributed by atoms with E-state index in [0.717, 1.165) is 5.92 Å². The number of aryl methyl sites for hydroxylation is 2. The van der Waals surface area contributed by atoms with E-state index in [2.05, 4.69) is 45.0 Å². The molecule has 0 spiro atoms. The van der Waals surface area contributed by atoms with Gasteiger partial charge in [0.15, 0.2) is 0 Å². The van der Waals surface area contributed by atoms with Crippen LogP contribution >= 0.6 is 0 Å². The van der Waals surface area contributed by atoms with Crippen LogP contribution in [0, 0.1) is 19.8 Å². The van der Waals surface area contributed by atoms with Crippen LogP contribution in [-0.2, 0) is 0 Å². The topological polar surface area (TPSA) is 0 Å². The van der Waals surface area contributed by atoms with Crippen LogP contribution in [0.15, 0.2) is 24.3 Å². The minimum Gasteiger partial charge on any atom is -0.0651 e. The van der Waals surface area contributed by atoms with Gasteiger partial charge in [-0.3, -0.25) is 0 Å². The van der Waals surface area contributed by atoms with Gasteiger partial charge in [0, 0.05) is 0 Å². The van der Waals surface area contributed by atoms with Crippen molar-refractivity contribution in [3.05, 3.63) is 35.4 Å². The fourth-order valence-electron chi connectivity index (χ4n) is 1.33. The summed E-state index contributed by atoms with van der Waals surface area (Å²) in [7, 11) is 0. The third kappa shape index (κ3) is 4.72. The smallest absolute Gasteiger partial charge is 0.0398 e. The minimum atomic E-state index is 1.13. The summed E-state index contributed by atoms with van der Waals surface area (Å²) in [6, 6.07) is 8.45. The second kappa shape index (κ2) is 5.06. The van der Waals surface area contributed by atoms with Gasteiger partial charge in [0.2, 0.25) is 0 Å². The maximum Gasteiger partial charge on any atom is -0.0398 e. The van der Waals surface area contributed by atoms with E-state index in [-0.39, 0.29) is 0 Å². The summed E-state index contributed by atoms with van der Waals surface area (Å²) in [4.78, 5) is 0. The van der Waals surface area contributed by atoms with Crippen molar-refractivity contribution in [3.63, 3.8) is 0 Å². The fraction of sp³-hybridized carbons (Fsp3) is 0.538. The predicted octanol–water partition coefficient (Wildman–Crippen LogP) is 4.11. The SMILES string of the molecule is CCC1CC1.Cc1cccc(C)c1. The molecule has 0 nitrogen and oxygen atoms in total. The van der Waals surface area contributed by atoms with Crippen LogP contribution in [0.1, 0.15) is 37.3 Å². The molecule has 1 aliphatic carbocycles. The normalized spacial score (nSPS) is 14.7. The highest BCUT2D eigenvalue weighted by atomic mass is 14.2. The number of hydrogen-bond donors (Lipinski definition) is 0. The lowest BCUT2D eigenvalue weighted by molar-refractivity contribution is 0.799. The Bertz CT molecular complexity index is 229. The largest absolute Gasteiger partial charge is 0.0651 e. The quantitative estimate of drug-likeness (QED) is 0.604. The van der Waals surface area contributed by atoms with Gasteiger partial charge in [0.05, 0.1) is 0 Å². The molecule has 1 aliphatic rings. The second-order valence-electron chi connectivity index (χ2n) is 4.01. The molecule has 1 aromatic rings. The van der Waals surface area contributed by atoms with Crippen molar-refractivity contribution in [2.45, 2.75) is 40.0 Å². The van der Waals surface area contributed by atoms with Crippen LogP contribution in [0.25, 0.3) is 0 Å². The lowest BCUT2D eigenvalue weighted by atomic mass is 10.2. The van der Waals surface area contributed by atoms with E-state index in [1.54, 1.807) is 0 Å². The number of hydrogen-bond acceptors (Lipinski definition) is 0. The zero-order valence-corrected chi connectivity index (χ0v) is 9.01. The Morgan fingerprint density at radius 2 is 1.69 bits per heavy atom. The zero-order chi connectivity index (χ0) is 9.68. The molecule has 72 valence electrons. The summed E-state index contributed by atoms with van der Waals surface area (Å²) in [6.45, 7) is 6.47. The van der Waals surface area contributed by atoms with Crippen LogP contribution in [-0.4, -0.2) is 0 Å². The van der Waals surface area contributed by atoms with Crippen LogP contribution in [0.5, 0.6) is 0 Å². The van der Waals surface area contributed by atoms with E-state index in [4.69, 9.17) is 0 Å². The standard InChI is InChI=1S/C8H10.C5H10/c1-7-4-3-5-8(2)6-7;1-2-5-3-4-5/h3-6H,1-2H3;5H,2-4H2,1H3. The molecule has 0 aromatic heterocycles. The Hall–Kier alpha value is -0.780. The van der Waals surface area contributed by atoms with Crippen LogP contribution in [0.3, 0.4) is 0 Å². The summed E-state index contributed by atoms with van der Waals surface area (Å²) < 4.78 is 0. The van der Waals surface area contributed by atoms with Crippen molar-refractivity contribution in [1.82, 2.24) is 0 Å². The van der Waals surface area contributed by atoms with Gasteiger partial charge < -0.3 is 0 Å². The predicted molar refractivity (Wildman–Crippen MR) is 58.9 cm³/mol. The van der Waals surface area contributed by atoms with E-state index in [0.29, 0.717) is 0 Å². The lowest BCUT2D eigenvalue weighted by Gasteiger charge is -1.90. The molecule has 1 fully saturated rings. The first-order chi connectivity index (χ1) is 6.22. The molecular formula is C13H20. The van der Waals surface area contributed by atoms with Crippen molar-refractivity contribution in [3.8, 4) is 0 Å². The molecule has 2 rings (SSSR count). The molecule has 13 heavy (non-hydrogen) atoms. The molecule has 0 N–H and O–H groups in total. The first kappa shape index (κ1) is 10.3. The first-order valence-electron chi connectivity index (χ1n) is 5.25. The Kier molecular flexibility index (Phi) is 4.01. The molecule has 0 aliphatic heterocycles. The maximum absolute atomic E-state index is 2.26. The van der Waals surface area contributed by atoms with Crippen LogP contribution < -0.4 is 0 Å². The molecule has 1 saturated carbocycles. The molecule has 0 heterocycles. The first-order valence-corrected chi connectivity index (χ1v) is 5.25. The van der Waals surface area contributed by atoms with E-state index in [1.807, 2.05) is 0 Å². The van der Waals surface area contributed by atoms with E-state index >= 15 is 0 Å². The highest BCUT2D eigenvalue weighted by molar-refractivity contribution is 5.20.